The average molecular weight is 176 g/mol. The average Bonchev–Trinajstić information content (AvgIpc) is 2.09. The molecule has 70 valence electrons. The smallest absolute Gasteiger partial charge is 0.101 e. The van der Waals surface area contributed by atoms with Crippen LogP contribution in [0.1, 0.15) is 33.1 Å². The summed E-state index contributed by atoms with van der Waals surface area (Å²) in [5.41, 5.74) is 8.13. The van der Waals surface area contributed by atoms with Crippen molar-refractivity contribution in [3.05, 3.63) is 22.9 Å². The van der Waals surface area contributed by atoms with Gasteiger partial charge in [0, 0.05) is 5.70 Å². The van der Waals surface area contributed by atoms with E-state index in [1.165, 1.54) is 12.8 Å². The fraction of sp³-hybridized carbons (Fsp3) is 0.545. The van der Waals surface area contributed by atoms with Gasteiger partial charge in [-0.25, -0.2) is 0 Å². The van der Waals surface area contributed by atoms with Crippen LogP contribution in [0.25, 0.3) is 0 Å². The molecule has 1 atom stereocenters. The fourth-order valence-corrected chi connectivity index (χ4v) is 1.77. The first-order valence-electron chi connectivity index (χ1n) is 4.73. The Morgan fingerprint density at radius 1 is 1.69 bits per heavy atom. The molecular weight excluding hydrogens is 160 g/mol. The Kier molecular flexibility index (Phi) is 3.13. The lowest BCUT2D eigenvalue weighted by molar-refractivity contribution is 0.559. The first kappa shape index (κ1) is 9.85. The van der Waals surface area contributed by atoms with Gasteiger partial charge < -0.3 is 5.73 Å². The van der Waals surface area contributed by atoms with Gasteiger partial charge in [0.2, 0.25) is 0 Å². The second-order valence-corrected chi connectivity index (χ2v) is 3.66. The zero-order valence-corrected chi connectivity index (χ0v) is 8.30. The van der Waals surface area contributed by atoms with E-state index in [1.54, 1.807) is 6.92 Å². The first-order valence-corrected chi connectivity index (χ1v) is 4.73. The number of nitriles is 1. The lowest BCUT2D eigenvalue weighted by atomic mass is 9.84. The van der Waals surface area contributed by atoms with Gasteiger partial charge >= 0.3 is 0 Å². The number of hydrogen-bond acceptors (Lipinski definition) is 2. The van der Waals surface area contributed by atoms with Crippen LogP contribution in [0.4, 0.5) is 0 Å². The van der Waals surface area contributed by atoms with Gasteiger partial charge in [0.05, 0.1) is 5.57 Å². The molecule has 1 unspecified atom stereocenters. The Balaban J connectivity index is 3.00. The molecular formula is C11H16N2. The molecule has 0 saturated heterocycles. The number of rotatable bonds is 1. The maximum Gasteiger partial charge on any atom is 0.101 e. The molecule has 0 heterocycles. The summed E-state index contributed by atoms with van der Waals surface area (Å²) in [4.78, 5) is 0. The highest BCUT2D eigenvalue weighted by molar-refractivity contribution is 5.45. The quantitative estimate of drug-likeness (QED) is 0.624. The van der Waals surface area contributed by atoms with Gasteiger partial charge in [-0.05, 0) is 37.7 Å². The minimum Gasteiger partial charge on any atom is -0.401 e. The molecule has 0 bridgehead atoms. The second-order valence-electron chi connectivity index (χ2n) is 3.66. The molecule has 0 aliphatic heterocycles. The highest BCUT2D eigenvalue weighted by Gasteiger charge is 2.17. The van der Waals surface area contributed by atoms with Crippen molar-refractivity contribution in [2.75, 3.05) is 0 Å². The molecule has 2 N–H and O–H groups in total. The van der Waals surface area contributed by atoms with Crippen molar-refractivity contribution in [1.82, 2.24) is 0 Å². The van der Waals surface area contributed by atoms with Crippen molar-refractivity contribution in [1.29, 1.82) is 5.26 Å². The Morgan fingerprint density at radius 2 is 2.38 bits per heavy atom. The van der Waals surface area contributed by atoms with Gasteiger partial charge in [-0.15, -0.1) is 0 Å². The molecule has 2 nitrogen and oxygen atoms in total. The van der Waals surface area contributed by atoms with E-state index in [1.807, 2.05) is 0 Å². The molecule has 0 aromatic rings. The predicted octanol–water partition coefficient (Wildman–Crippen LogP) is 2.49. The maximum absolute atomic E-state index is 8.94. The SMILES string of the molecule is C/C(N)=C(\C#N)C1=CCCCC1C. The first-order chi connectivity index (χ1) is 6.16. The van der Waals surface area contributed by atoms with Crippen molar-refractivity contribution < 1.29 is 0 Å². The van der Waals surface area contributed by atoms with Gasteiger partial charge in [-0.2, -0.15) is 5.26 Å². The molecule has 0 aromatic heterocycles. The highest BCUT2D eigenvalue weighted by atomic mass is 14.6. The van der Waals surface area contributed by atoms with Gasteiger partial charge in [-0.3, -0.25) is 0 Å². The zero-order chi connectivity index (χ0) is 9.84. The van der Waals surface area contributed by atoms with E-state index in [4.69, 9.17) is 11.0 Å². The lowest BCUT2D eigenvalue weighted by Gasteiger charge is -2.20. The van der Waals surface area contributed by atoms with E-state index in [2.05, 4.69) is 19.1 Å². The van der Waals surface area contributed by atoms with Crippen LogP contribution in [0.15, 0.2) is 22.9 Å². The zero-order valence-electron chi connectivity index (χ0n) is 8.30. The molecule has 0 radical (unpaired) electrons. The van der Waals surface area contributed by atoms with Crippen molar-refractivity contribution in [2.45, 2.75) is 33.1 Å². The number of allylic oxidation sites excluding steroid dienone is 4. The molecule has 2 heteroatoms. The van der Waals surface area contributed by atoms with E-state index in [0.29, 0.717) is 17.2 Å². The molecule has 0 amide bonds. The Labute approximate surface area is 79.7 Å². The van der Waals surface area contributed by atoms with E-state index in [0.717, 1.165) is 12.0 Å². The van der Waals surface area contributed by atoms with E-state index in [9.17, 15) is 0 Å². The third kappa shape index (κ3) is 2.12. The van der Waals surface area contributed by atoms with Gasteiger partial charge in [0.1, 0.15) is 6.07 Å². The van der Waals surface area contributed by atoms with Crippen LogP contribution < -0.4 is 5.73 Å². The Bertz CT molecular complexity index is 288. The molecule has 0 saturated carbocycles. The number of nitrogens with zero attached hydrogens (tertiary/aromatic N) is 1. The predicted molar refractivity (Wildman–Crippen MR) is 53.6 cm³/mol. The summed E-state index contributed by atoms with van der Waals surface area (Å²) in [5.74, 6) is 0.488. The van der Waals surface area contributed by atoms with Crippen LogP contribution in [-0.2, 0) is 0 Å². The topological polar surface area (TPSA) is 49.8 Å². The van der Waals surface area contributed by atoms with Crippen molar-refractivity contribution in [2.24, 2.45) is 11.7 Å². The van der Waals surface area contributed by atoms with Crippen molar-refractivity contribution in [3.8, 4) is 6.07 Å². The third-order valence-corrected chi connectivity index (χ3v) is 2.53. The molecule has 1 aliphatic carbocycles. The van der Waals surface area contributed by atoms with Gasteiger partial charge in [0.25, 0.3) is 0 Å². The second kappa shape index (κ2) is 4.13. The van der Waals surface area contributed by atoms with Crippen molar-refractivity contribution in [3.63, 3.8) is 0 Å². The van der Waals surface area contributed by atoms with Gasteiger partial charge in [0.15, 0.2) is 0 Å². The summed E-state index contributed by atoms with van der Waals surface area (Å²) in [6.45, 7) is 3.95. The van der Waals surface area contributed by atoms with E-state index in [-0.39, 0.29) is 0 Å². The normalized spacial score (nSPS) is 24.4. The standard InChI is InChI=1S/C11H16N2/c1-8-5-3-4-6-10(8)11(7-12)9(2)13/h6,8H,3-5,13H2,1-2H3/b11-9-. The van der Waals surface area contributed by atoms with Crippen LogP contribution in [0.5, 0.6) is 0 Å². The monoisotopic (exact) mass is 176 g/mol. The van der Waals surface area contributed by atoms with E-state index >= 15 is 0 Å². The van der Waals surface area contributed by atoms with Crippen molar-refractivity contribution >= 4 is 0 Å². The van der Waals surface area contributed by atoms with Crippen LogP contribution in [0, 0.1) is 17.2 Å². The minimum absolute atomic E-state index is 0.488. The fourth-order valence-electron chi connectivity index (χ4n) is 1.77. The number of hydrogen-bond donors (Lipinski definition) is 1. The third-order valence-electron chi connectivity index (χ3n) is 2.53. The highest BCUT2D eigenvalue weighted by Crippen LogP contribution is 2.29. The summed E-state index contributed by atoms with van der Waals surface area (Å²) in [5, 5.41) is 8.94. The molecule has 13 heavy (non-hydrogen) atoms. The Hall–Kier alpha value is -1.23. The largest absolute Gasteiger partial charge is 0.401 e. The number of nitrogens with two attached hydrogens (primary N) is 1. The lowest BCUT2D eigenvalue weighted by Crippen LogP contribution is -2.09. The molecule has 0 spiro atoms. The molecule has 1 rings (SSSR count). The van der Waals surface area contributed by atoms with Crippen LogP contribution in [0.2, 0.25) is 0 Å². The summed E-state index contributed by atoms with van der Waals surface area (Å²) in [6.07, 6.45) is 5.64. The Morgan fingerprint density at radius 3 is 2.85 bits per heavy atom. The maximum atomic E-state index is 8.94. The summed E-state index contributed by atoms with van der Waals surface area (Å²) < 4.78 is 0. The molecule has 0 aromatic carbocycles. The molecule has 0 fully saturated rings. The van der Waals surface area contributed by atoms with E-state index < -0.39 is 0 Å². The van der Waals surface area contributed by atoms with Crippen LogP contribution in [-0.4, -0.2) is 0 Å². The van der Waals surface area contributed by atoms with Crippen LogP contribution in [0.3, 0.4) is 0 Å². The summed E-state index contributed by atoms with van der Waals surface area (Å²) in [7, 11) is 0. The van der Waals surface area contributed by atoms with Crippen LogP contribution >= 0.6 is 0 Å². The summed E-state index contributed by atoms with van der Waals surface area (Å²) >= 11 is 0. The minimum atomic E-state index is 0.488. The van der Waals surface area contributed by atoms with Gasteiger partial charge in [-0.1, -0.05) is 13.0 Å². The summed E-state index contributed by atoms with van der Waals surface area (Å²) in [6, 6.07) is 2.19. The molecule has 1 aliphatic rings.